The fraction of sp³-hybridized carbons (Fsp3) is 0.923. The van der Waals surface area contributed by atoms with Crippen LogP contribution in [0.3, 0.4) is 0 Å². The molecule has 0 fully saturated rings. The molecule has 0 aliphatic heterocycles. The van der Waals surface area contributed by atoms with Gasteiger partial charge in [0.1, 0.15) is 5.60 Å². The average Bonchev–Trinajstić information content (AvgIpc) is 2.15. The molecule has 1 atom stereocenters. The molecule has 0 spiro atoms. The zero-order valence-electron chi connectivity index (χ0n) is 11.8. The maximum Gasteiger partial charge on any atom is 0.407 e. The number of ether oxygens (including phenoxy) is 1. The largest absolute Gasteiger partial charge is 0.444 e. The lowest BCUT2D eigenvalue weighted by Crippen LogP contribution is -2.35. The van der Waals surface area contributed by atoms with Crippen LogP contribution in [0.15, 0.2) is 0 Å². The van der Waals surface area contributed by atoms with Crippen molar-refractivity contribution in [3.8, 4) is 0 Å². The zero-order valence-corrected chi connectivity index (χ0v) is 11.8. The summed E-state index contributed by atoms with van der Waals surface area (Å²) >= 11 is 0. The maximum atomic E-state index is 11.4. The fourth-order valence-electron chi connectivity index (χ4n) is 1.67. The molecule has 1 amide bonds. The van der Waals surface area contributed by atoms with Crippen molar-refractivity contribution in [1.82, 2.24) is 5.32 Å². The standard InChI is InChI=1S/C13H27NO3/c1-6-7-13(5,10-15)8-9-14-11(16)17-12(2,3)4/h15H,6-10H2,1-5H3,(H,14,16). The summed E-state index contributed by atoms with van der Waals surface area (Å²) in [5, 5.41) is 12.0. The number of carbonyl (C=O) groups is 1. The molecule has 2 N–H and O–H groups in total. The van der Waals surface area contributed by atoms with Crippen molar-refractivity contribution in [2.24, 2.45) is 5.41 Å². The van der Waals surface area contributed by atoms with Gasteiger partial charge in [0, 0.05) is 13.2 Å². The second-order valence-corrected chi connectivity index (χ2v) is 5.90. The quantitative estimate of drug-likeness (QED) is 0.756. The molecule has 0 aromatic carbocycles. The van der Waals surface area contributed by atoms with E-state index in [0.717, 1.165) is 19.3 Å². The molecular formula is C13H27NO3. The Morgan fingerprint density at radius 2 is 1.82 bits per heavy atom. The van der Waals surface area contributed by atoms with Crippen molar-refractivity contribution in [2.45, 2.75) is 59.5 Å². The van der Waals surface area contributed by atoms with E-state index in [1.54, 1.807) is 0 Å². The molecule has 0 saturated carbocycles. The van der Waals surface area contributed by atoms with Gasteiger partial charge in [0.25, 0.3) is 0 Å². The molecule has 0 aliphatic carbocycles. The molecule has 0 aliphatic rings. The van der Waals surface area contributed by atoms with Crippen LogP contribution in [0.5, 0.6) is 0 Å². The first kappa shape index (κ1) is 16.2. The molecule has 0 radical (unpaired) electrons. The number of hydrogen-bond donors (Lipinski definition) is 2. The van der Waals surface area contributed by atoms with Gasteiger partial charge in [-0.3, -0.25) is 0 Å². The number of rotatable bonds is 6. The van der Waals surface area contributed by atoms with E-state index in [2.05, 4.69) is 12.2 Å². The monoisotopic (exact) mass is 245 g/mol. The maximum absolute atomic E-state index is 11.4. The highest BCUT2D eigenvalue weighted by Gasteiger charge is 2.22. The minimum absolute atomic E-state index is 0.107. The molecule has 4 heteroatoms. The number of aliphatic hydroxyl groups excluding tert-OH is 1. The van der Waals surface area contributed by atoms with Crippen LogP contribution in [0.25, 0.3) is 0 Å². The molecule has 0 aromatic heterocycles. The smallest absolute Gasteiger partial charge is 0.407 e. The van der Waals surface area contributed by atoms with Crippen molar-refractivity contribution in [1.29, 1.82) is 0 Å². The first-order valence-corrected chi connectivity index (χ1v) is 6.30. The van der Waals surface area contributed by atoms with Crippen LogP contribution in [-0.2, 0) is 4.74 Å². The van der Waals surface area contributed by atoms with Gasteiger partial charge in [0.05, 0.1) is 0 Å². The van der Waals surface area contributed by atoms with Gasteiger partial charge in [-0.25, -0.2) is 4.79 Å². The zero-order chi connectivity index (χ0) is 13.5. The van der Waals surface area contributed by atoms with Crippen LogP contribution >= 0.6 is 0 Å². The van der Waals surface area contributed by atoms with Gasteiger partial charge in [-0.1, -0.05) is 20.3 Å². The molecule has 0 heterocycles. The number of alkyl carbamates (subject to hydrolysis) is 1. The second kappa shape index (κ2) is 6.84. The van der Waals surface area contributed by atoms with Crippen molar-refractivity contribution in [3.63, 3.8) is 0 Å². The third kappa shape index (κ3) is 8.02. The average molecular weight is 245 g/mol. The highest BCUT2D eigenvalue weighted by atomic mass is 16.6. The summed E-state index contributed by atoms with van der Waals surface area (Å²) in [6.45, 7) is 10.3. The van der Waals surface area contributed by atoms with E-state index in [4.69, 9.17) is 4.74 Å². The summed E-state index contributed by atoms with van der Waals surface area (Å²) in [5.74, 6) is 0. The third-order valence-electron chi connectivity index (χ3n) is 2.63. The second-order valence-electron chi connectivity index (χ2n) is 5.90. The Morgan fingerprint density at radius 1 is 1.24 bits per heavy atom. The minimum atomic E-state index is -0.465. The molecule has 1 unspecified atom stereocenters. The Balaban J connectivity index is 3.93. The summed E-state index contributed by atoms with van der Waals surface area (Å²) in [4.78, 5) is 11.4. The number of amides is 1. The molecule has 4 nitrogen and oxygen atoms in total. The molecule has 0 bridgehead atoms. The Bertz CT molecular complexity index is 235. The SMILES string of the molecule is CCCC(C)(CO)CCNC(=O)OC(C)(C)C. The Kier molecular flexibility index (Phi) is 6.53. The Morgan fingerprint density at radius 3 is 2.24 bits per heavy atom. The van der Waals surface area contributed by atoms with Gasteiger partial charge < -0.3 is 15.2 Å². The van der Waals surface area contributed by atoms with Gasteiger partial charge in [-0.2, -0.15) is 0 Å². The van der Waals surface area contributed by atoms with Crippen molar-refractivity contribution in [3.05, 3.63) is 0 Å². The van der Waals surface area contributed by atoms with Crippen molar-refractivity contribution >= 4 is 6.09 Å². The molecule has 0 aromatic rings. The molecule has 0 saturated heterocycles. The first-order valence-electron chi connectivity index (χ1n) is 6.30. The van der Waals surface area contributed by atoms with Crippen LogP contribution in [0.1, 0.15) is 53.9 Å². The van der Waals surface area contributed by atoms with E-state index in [1.807, 2.05) is 27.7 Å². The first-order chi connectivity index (χ1) is 7.72. The molecule has 17 heavy (non-hydrogen) atoms. The minimum Gasteiger partial charge on any atom is -0.444 e. The normalized spacial score (nSPS) is 15.2. The molecule has 102 valence electrons. The highest BCUT2D eigenvalue weighted by Crippen LogP contribution is 2.26. The van der Waals surface area contributed by atoms with Gasteiger partial charge in [-0.15, -0.1) is 0 Å². The topological polar surface area (TPSA) is 58.6 Å². The van der Waals surface area contributed by atoms with E-state index in [-0.39, 0.29) is 12.0 Å². The van der Waals surface area contributed by atoms with Gasteiger partial charge in [-0.05, 0) is 39.0 Å². The summed E-state index contributed by atoms with van der Waals surface area (Å²) in [6, 6.07) is 0. The van der Waals surface area contributed by atoms with Crippen molar-refractivity contribution < 1.29 is 14.6 Å². The predicted molar refractivity (Wildman–Crippen MR) is 69.0 cm³/mol. The van der Waals surface area contributed by atoms with Crippen LogP contribution in [0.4, 0.5) is 4.79 Å². The number of aliphatic hydroxyl groups is 1. The number of nitrogens with one attached hydrogen (secondary N) is 1. The molecule has 0 rings (SSSR count). The summed E-state index contributed by atoms with van der Waals surface area (Å²) in [5.41, 5.74) is -0.572. The van der Waals surface area contributed by atoms with Crippen LogP contribution in [0, 0.1) is 5.41 Å². The fourth-order valence-corrected chi connectivity index (χ4v) is 1.67. The van der Waals surface area contributed by atoms with E-state index in [1.165, 1.54) is 0 Å². The number of hydrogen-bond acceptors (Lipinski definition) is 3. The van der Waals surface area contributed by atoms with Crippen LogP contribution < -0.4 is 5.32 Å². The van der Waals surface area contributed by atoms with E-state index < -0.39 is 11.7 Å². The number of carbonyl (C=O) groups excluding carboxylic acids is 1. The van der Waals surface area contributed by atoms with Gasteiger partial charge in [0.2, 0.25) is 0 Å². The van der Waals surface area contributed by atoms with Crippen molar-refractivity contribution in [2.75, 3.05) is 13.2 Å². The van der Waals surface area contributed by atoms with E-state index in [9.17, 15) is 9.90 Å². The summed E-state index contributed by atoms with van der Waals surface area (Å²) < 4.78 is 5.13. The van der Waals surface area contributed by atoms with Crippen LogP contribution in [-0.4, -0.2) is 30.0 Å². The van der Waals surface area contributed by atoms with Crippen LogP contribution in [0.2, 0.25) is 0 Å². The summed E-state index contributed by atoms with van der Waals surface area (Å²) in [7, 11) is 0. The lowest BCUT2D eigenvalue weighted by Gasteiger charge is -2.27. The van der Waals surface area contributed by atoms with Gasteiger partial charge in [0.15, 0.2) is 0 Å². The lowest BCUT2D eigenvalue weighted by atomic mass is 9.83. The molecular weight excluding hydrogens is 218 g/mol. The van der Waals surface area contributed by atoms with E-state index >= 15 is 0 Å². The Labute approximate surface area is 105 Å². The Hall–Kier alpha value is -0.770. The van der Waals surface area contributed by atoms with Gasteiger partial charge >= 0.3 is 6.09 Å². The predicted octanol–water partition coefficient (Wildman–Crippen LogP) is 2.70. The third-order valence-corrected chi connectivity index (χ3v) is 2.63. The van der Waals surface area contributed by atoms with E-state index in [0.29, 0.717) is 6.54 Å². The lowest BCUT2D eigenvalue weighted by molar-refractivity contribution is 0.0509. The summed E-state index contributed by atoms with van der Waals surface area (Å²) in [6.07, 6.45) is 2.36. The highest BCUT2D eigenvalue weighted by molar-refractivity contribution is 5.67.